The summed E-state index contributed by atoms with van der Waals surface area (Å²) < 4.78 is 12.2. The number of nitrogens with one attached hydrogen (secondary N) is 1. The first kappa shape index (κ1) is 38.8. The summed E-state index contributed by atoms with van der Waals surface area (Å²) in [5.41, 5.74) is 3.28. The Bertz CT molecular complexity index is 3100. The van der Waals surface area contributed by atoms with Crippen molar-refractivity contribution in [3.8, 4) is 39.7 Å². The molecular weight excluding hydrogens is 795 g/mol. The smallest absolute Gasteiger partial charge is 0.337 e. The molecule has 0 saturated heterocycles. The number of nitrogens with zero attached hydrogens (tertiary/aromatic N) is 1. The first-order valence-electron chi connectivity index (χ1n) is 18.1. The van der Waals surface area contributed by atoms with Gasteiger partial charge in [0.25, 0.3) is 5.91 Å². The molecule has 0 saturated carbocycles. The molecule has 5 aromatic carbocycles. The summed E-state index contributed by atoms with van der Waals surface area (Å²) >= 11 is 13.7. The van der Waals surface area contributed by atoms with E-state index >= 15 is 0 Å². The SMILES string of the molecule is C=c1ccc2c(c1)Oc1cc(N(C)C)ccc1C=2c1c(Cl)cc(C(=O)NCCc2ccc(-c3c4ccc(=O)cc-4oc4cc(O)ccc34)c(C(=O)O)c2)c(Cl)c1C(=O)O. The van der Waals surface area contributed by atoms with Crippen molar-refractivity contribution in [2.75, 3.05) is 25.5 Å². The fraction of sp³-hybridized carbons (Fsp3) is 0.0870. The van der Waals surface area contributed by atoms with Crippen molar-refractivity contribution in [1.82, 2.24) is 5.32 Å². The van der Waals surface area contributed by atoms with E-state index in [1.165, 1.54) is 36.4 Å². The van der Waals surface area contributed by atoms with Gasteiger partial charge in [-0.25, -0.2) is 9.59 Å². The van der Waals surface area contributed by atoms with E-state index < -0.39 is 17.8 Å². The number of anilines is 1. The van der Waals surface area contributed by atoms with E-state index in [1.807, 2.05) is 37.2 Å². The summed E-state index contributed by atoms with van der Waals surface area (Å²) in [7, 11) is 3.77. The zero-order valence-electron chi connectivity index (χ0n) is 31.4. The third-order valence-electron chi connectivity index (χ3n) is 10.2. The maximum absolute atomic E-state index is 13.7. The van der Waals surface area contributed by atoms with Crippen LogP contribution in [0.2, 0.25) is 10.0 Å². The van der Waals surface area contributed by atoms with Gasteiger partial charge >= 0.3 is 11.9 Å². The van der Waals surface area contributed by atoms with Gasteiger partial charge in [0.15, 0.2) is 5.43 Å². The molecule has 0 aromatic heterocycles. The van der Waals surface area contributed by atoms with Crippen LogP contribution in [0.15, 0.2) is 106 Å². The van der Waals surface area contributed by atoms with Gasteiger partial charge in [0.05, 0.1) is 26.7 Å². The lowest BCUT2D eigenvalue weighted by Gasteiger charge is -2.25. The summed E-state index contributed by atoms with van der Waals surface area (Å²) in [6, 6.07) is 25.7. The van der Waals surface area contributed by atoms with Crippen LogP contribution >= 0.6 is 23.2 Å². The van der Waals surface area contributed by atoms with Crippen molar-refractivity contribution in [3.05, 3.63) is 161 Å². The number of carbonyl (C=O) groups is 3. The van der Waals surface area contributed by atoms with Gasteiger partial charge in [-0.1, -0.05) is 54.0 Å². The number of benzene rings is 6. The van der Waals surface area contributed by atoms with Gasteiger partial charge < -0.3 is 34.7 Å². The van der Waals surface area contributed by atoms with E-state index in [2.05, 4.69) is 11.9 Å². The van der Waals surface area contributed by atoms with Crippen LogP contribution in [0.4, 0.5) is 5.69 Å². The van der Waals surface area contributed by atoms with Gasteiger partial charge in [-0.15, -0.1) is 0 Å². The number of phenolic OH excluding ortho intramolecular Hbond substituents is 1. The molecule has 8 rings (SSSR count). The van der Waals surface area contributed by atoms with E-state index in [1.54, 1.807) is 42.5 Å². The van der Waals surface area contributed by atoms with Gasteiger partial charge in [0.1, 0.15) is 28.6 Å². The molecule has 1 aliphatic carbocycles. The minimum Gasteiger partial charge on any atom is -0.508 e. The summed E-state index contributed by atoms with van der Waals surface area (Å²) in [4.78, 5) is 53.5. The van der Waals surface area contributed by atoms with Crippen molar-refractivity contribution >= 4 is 69.9 Å². The molecule has 1 amide bonds. The van der Waals surface area contributed by atoms with E-state index in [4.69, 9.17) is 32.4 Å². The Labute approximate surface area is 345 Å². The van der Waals surface area contributed by atoms with Gasteiger partial charge in [0, 0.05) is 83.0 Å². The Morgan fingerprint density at radius 2 is 1.54 bits per heavy atom. The summed E-state index contributed by atoms with van der Waals surface area (Å²) in [6.07, 6.45) is 0.190. The third kappa shape index (κ3) is 7.00. The van der Waals surface area contributed by atoms with Crippen molar-refractivity contribution in [2.24, 2.45) is 0 Å². The van der Waals surface area contributed by atoms with Crippen LogP contribution in [-0.4, -0.2) is 53.8 Å². The van der Waals surface area contributed by atoms with Gasteiger partial charge in [-0.3, -0.25) is 9.59 Å². The quantitative estimate of drug-likeness (QED) is 0.106. The molecule has 13 heteroatoms. The number of hydrogen-bond donors (Lipinski definition) is 4. The Morgan fingerprint density at radius 3 is 2.29 bits per heavy atom. The third-order valence-corrected chi connectivity index (χ3v) is 10.9. The highest BCUT2D eigenvalue weighted by molar-refractivity contribution is 6.40. The van der Waals surface area contributed by atoms with E-state index in [0.29, 0.717) is 60.7 Å². The average Bonchev–Trinajstić information content (AvgIpc) is 3.19. The minimum atomic E-state index is -1.40. The van der Waals surface area contributed by atoms with Crippen LogP contribution in [-0.2, 0) is 6.42 Å². The Kier molecular flexibility index (Phi) is 9.87. The lowest BCUT2D eigenvalue weighted by molar-refractivity contribution is 0.0686. The number of carbonyl (C=O) groups excluding carboxylic acids is 1. The molecule has 0 fully saturated rings. The molecule has 2 aliphatic heterocycles. The average molecular weight is 828 g/mol. The van der Waals surface area contributed by atoms with E-state index in [0.717, 1.165) is 5.69 Å². The second kappa shape index (κ2) is 15.0. The van der Waals surface area contributed by atoms with Crippen LogP contribution in [0, 0.1) is 0 Å². The monoisotopic (exact) mass is 826 g/mol. The molecular formula is C46H32Cl2N2O9. The maximum Gasteiger partial charge on any atom is 0.337 e. The second-order valence-corrected chi connectivity index (χ2v) is 14.9. The topological polar surface area (TPSA) is 167 Å². The predicted octanol–water partition coefficient (Wildman–Crippen LogP) is 7.78. The number of aromatic hydroxyl groups is 1. The van der Waals surface area contributed by atoms with E-state index in [9.17, 15) is 34.5 Å². The van der Waals surface area contributed by atoms with Crippen LogP contribution < -0.4 is 30.8 Å². The normalized spacial score (nSPS) is 11.8. The molecule has 0 unspecified atom stereocenters. The number of phenols is 1. The molecule has 59 heavy (non-hydrogen) atoms. The fourth-order valence-electron chi connectivity index (χ4n) is 7.41. The predicted molar refractivity (Wildman–Crippen MR) is 226 cm³/mol. The number of fused-ring (bicyclic) bond motifs is 4. The standard InChI is InChI=1S/C46H32Cl2N2O9/c1-22-4-9-30-35(16-22)58-36-18-24(50(2)3)6-11-31(36)40(30)41-34(47)21-33(43(48)42(41)46(56)57)44(53)49-15-14-23-5-10-27(32(17-23)45(54)55)39-28-12-7-25(51)19-37(28)59-38-20-26(52)8-13-29(38)39/h4-13,16-21,51H,1,14-15H2,2-3H3,(H,49,53)(H,54,55)(H,56,57). The Morgan fingerprint density at radius 1 is 0.780 bits per heavy atom. The van der Waals surface area contributed by atoms with Crippen molar-refractivity contribution in [3.63, 3.8) is 0 Å². The molecule has 4 N–H and O–H groups in total. The largest absolute Gasteiger partial charge is 0.508 e. The van der Waals surface area contributed by atoms with Crippen LogP contribution in [0.25, 0.3) is 45.6 Å². The number of rotatable bonds is 9. The highest BCUT2D eigenvalue weighted by Gasteiger charge is 2.31. The number of hydrogen-bond acceptors (Lipinski definition) is 8. The van der Waals surface area contributed by atoms with Crippen molar-refractivity contribution in [1.29, 1.82) is 0 Å². The highest BCUT2D eigenvalue weighted by Crippen LogP contribution is 2.44. The molecule has 0 atom stereocenters. The Hall–Kier alpha value is -7.08. The van der Waals surface area contributed by atoms with Crippen LogP contribution in [0.3, 0.4) is 0 Å². The number of carboxylic acid groups (broad SMARTS) is 2. The molecule has 11 nitrogen and oxygen atoms in total. The Balaban J connectivity index is 1.12. The van der Waals surface area contributed by atoms with Crippen molar-refractivity contribution in [2.45, 2.75) is 6.42 Å². The number of carboxylic acids is 2. The molecule has 5 aromatic rings. The molecule has 0 spiro atoms. The van der Waals surface area contributed by atoms with Gasteiger partial charge in [-0.2, -0.15) is 0 Å². The van der Waals surface area contributed by atoms with Gasteiger partial charge in [0.2, 0.25) is 0 Å². The number of amides is 1. The van der Waals surface area contributed by atoms with Crippen LogP contribution in [0.1, 0.15) is 47.8 Å². The van der Waals surface area contributed by atoms with Crippen molar-refractivity contribution < 1.29 is 38.9 Å². The molecule has 294 valence electrons. The lowest BCUT2D eigenvalue weighted by atomic mass is 9.88. The van der Waals surface area contributed by atoms with Crippen LogP contribution in [0.5, 0.6) is 17.2 Å². The summed E-state index contributed by atoms with van der Waals surface area (Å²) in [5.74, 6) is -2.25. The summed E-state index contributed by atoms with van der Waals surface area (Å²) in [5, 5.41) is 35.3. The zero-order valence-corrected chi connectivity index (χ0v) is 32.9. The second-order valence-electron chi connectivity index (χ2n) is 14.2. The van der Waals surface area contributed by atoms with E-state index in [-0.39, 0.29) is 67.8 Å². The first-order chi connectivity index (χ1) is 28.2. The molecule has 0 radical (unpaired) electrons. The molecule has 0 bridgehead atoms. The number of aromatic carboxylic acids is 2. The zero-order chi connectivity index (χ0) is 41.9. The fourth-order valence-corrected chi connectivity index (χ4v) is 8.03. The van der Waals surface area contributed by atoms with Gasteiger partial charge in [-0.05, 0) is 77.4 Å². The molecule has 3 aliphatic rings. The lowest BCUT2D eigenvalue weighted by Crippen LogP contribution is -2.27. The number of halogens is 2. The maximum atomic E-state index is 13.7. The number of ether oxygens (including phenoxy) is 1. The highest BCUT2D eigenvalue weighted by atomic mass is 35.5. The first-order valence-corrected chi connectivity index (χ1v) is 18.9. The minimum absolute atomic E-state index is 0.0219. The molecule has 2 heterocycles. The summed E-state index contributed by atoms with van der Waals surface area (Å²) in [6.45, 7) is 4.03.